The second kappa shape index (κ2) is 7.03. The molecule has 0 aromatic carbocycles. The van der Waals surface area contributed by atoms with Crippen molar-refractivity contribution >= 4 is 23.2 Å². The molecule has 1 aliphatic heterocycles. The molecule has 0 aliphatic carbocycles. The van der Waals surface area contributed by atoms with Gasteiger partial charge < -0.3 is 5.32 Å². The maximum atomic E-state index is 12.0. The van der Waals surface area contributed by atoms with Crippen molar-refractivity contribution < 1.29 is 4.21 Å². The molecule has 0 saturated carbocycles. The largest absolute Gasteiger partial charge is 0.317 e. The molecule has 0 amide bonds. The summed E-state index contributed by atoms with van der Waals surface area (Å²) in [5.41, 5.74) is 0.878. The van der Waals surface area contributed by atoms with Gasteiger partial charge in [0.15, 0.2) is 0 Å². The van der Waals surface area contributed by atoms with Crippen molar-refractivity contribution in [2.45, 2.75) is 24.9 Å². The normalized spacial score (nSPS) is 18.4. The van der Waals surface area contributed by atoms with Crippen LogP contribution in [0.25, 0.3) is 0 Å². The molecule has 1 aromatic heterocycles. The van der Waals surface area contributed by atoms with Gasteiger partial charge in [0.2, 0.25) is 5.16 Å². The van der Waals surface area contributed by atoms with Crippen molar-refractivity contribution in [3.05, 3.63) is 18.0 Å². The van der Waals surface area contributed by atoms with E-state index >= 15 is 0 Å². The van der Waals surface area contributed by atoms with Gasteiger partial charge in [-0.1, -0.05) is 0 Å². The van der Waals surface area contributed by atoms with E-state index in [9.17, 15) is 4.21 Å². The number of halogens is 1. The standard InChI is InChI=1S/C11H17N3OS.ClH/c1-9-2-7-13-11(14-9)16(15)8-10-3-5-12-6-4-10;/h2,7,10,12H,3-6,8H2,1H3;1H. The zero-order valence-electron chi connectivity index (χ0n) is 9.89. The molecular formula is C11H18ClN3OS. The van der Waals surface area contributed by atoms with Gasteiger partial charge >= 0.3 is 0 Å². The van der Waals surface area contributed by atoms with Crippen molar-refractivity contribution in [2.75, 3.05) is 18.8 Å². The summed E-state index contributed by atoms with van der Waals surface area (Å²) < 4.78 is 12.0. The summed E-state index contributed by atoms with van der Waals surface area (Å²) >= 11 is 0. The fourth-order valence-electron chi connectivity index (χ4n) is 1.87. The average molecular weight is 276 g/mol. The second-order valence-corrected chi connectivity index (χ2v) is 5.58. The zero-order valence-corrected chi connectivity index (χ0v) is 11.5. The Balaban J connectivity index is 0.00000144. The Hall–Kier alpha value is -0.520. The monoisotopic (exact) mass is 275 g/mol. The van der Waals surface area contributed by atoms with E-state index in [-0.39, 0.29) is 12.4 Å². The summed E-state index contributed by atoms with van der Waals surface area (Å²) in [6.07, 6.45) is 3.90. The number of hydrogen-bond acceptors (Lipinski definition) is 4. The van der Waals surface area contributed by atoms with Crippen LogP contribution >= 0.6 is 12.4 Å². The molecule has 17 heavy (non-hydrogen) atoms. The van der Waals surface area contributed by atoms with E-state index in [1.54, 1.807) is 6.20 Å². The highest BCUT2D eigenvalue weighted by atomic mass is 35.5. The fraction of sp³-hybridized carbons (Fsp3) is 0.636. The van der Waals surface area contributed by atoms with Crippen LogP contribution in [0.1, 0.15) is 18.5 Å². The van der Waals surface area contributed by atoms with E-state index in [4.69, 9.17) is 0 Å². The predicted molar refractivity (Wildman–Crippen MR) is 70.9 cm³/mol. The van der Waals surface area contributed by atoms with Crippen LogP contribution in [0.5, 0.6) is 0 Å². The Morgan fingerprint density at radius 3 is 2.82 bits per heavy atom. The summed E-state index contributed by atoms with van der Waals surface area (Å²) in [4.78, 5) is 8.29. The lowest BCUT2D eigenvalue weighted by Gasteiger charge is -2.21. The van der Waals surface area contributed by atoms with Gasteiger partial charge in [0, 0.05) is 17.6 Å². The minimum absolute atomic E-state index is 0. The van der Waals surface area contributed by atoms with E-state index in [2.05, 4.69) is 15.3 Å². The Morgan fingerprint density at radius 2 is 2.18 bits per heavy atom. The third kappa shape index (κ3) is 4.33. The summed E-state index contributed by atoms with van der Waals surface area (Å²) in [6, 6.07) is 1.82. The summed E-state index contributed by atoms with van der Waals surface area (Å²) in [5, 5.41) is 3.79. The van der Waals surface area contributed by atoms with Crippen molar-refractivity contribution in [3.63, 3.8) is 0 Å². The van der Waals surface area contributed by atoms with Gasteiger partial charge in [0.1, 0.15) is 0 Å². The number of piperidine rings is 1. The molecule has 0 spiro atoms. The first kappa shape index (κ1) is 14.5. The highest BCUT2D eigenvalue weighted by molar-refractivity contribution is 7.84. The minimum atomic E-state index is -1.04. The molecule has 1 aliphatic rings. The molecule has 0 bridgehead atoms. The Kier molecular flexibility index (Phi) is 6.02. The van der Waals surface area contributed by atoms with Gasteiger partial charge in [-0.05, 0) is 44.8 Å². The smallest absolute Gasteiger partial charge is 0.218 e. The number of nitrogens with zero attached hydrogens (tertiary/aromatic N) is 2. The molecule has 0 radical (unpaired) electrons. The molecule has 2 heterocycles. The van der Waals surface area contributed by atoms with E-state index < -0.39 is 10.8 Å². The summed E-state index contributed by atoms with van der Waals surface area (Å²) in [6.45, 7) is 3.97. The quantitative estimate of drug-likeness (QED) is 0.846. The van der Waals surface area contributed by atoms with Crippen LogP contribution in [-0.4, -0.2) is 33.0 Å². The summed E-state index contributed by atoms with van der Waals surface area (Å²) in [7, 11) is -1.04. The fourth-order valence-corrected chi connectivity index (χ4v) is 3.21. The lowest BCUT2D eigenvalue weighted by atomic mass is 10.0. The summed E-state index contributed by atoms with van der Waals surface area (Å²) in [5.74, 6) is 1.25. The Labute approximate surface area is 110 Å². The van der Waals surface area contributed by atoms with Crippen LogP contribution in [0.4, 0.5) is 0 Å². The van der Waals surface area contributed by atoms with Gasteiger partial charge in [-0.3, -0.25) is 4.21 Å². The Morgan fingerprint density at radius 1 is 1.47 bits per heavy atom. The van der Waals surface area contributed by atoms with Crippen molar-refractivity contribution in [1.29, 1.82) is 0 Å². The average Bonchev–Trinajstić information content (AvgIpc) is 2.30. The number of rotatable bonds is 3. The maximum Gasteiger partial charge on any atom is 0.218 e. The molecular weight excluding hydrogens is 258 g/mol. The molecule has 6 heteroatoms. The van der Waals surface area contributed by atoms with Crippen LogP contribution in [0.15, 0.2) is 17.4 Å². The van der Waals surface area contributed by atoms with Crippen LogP contribution in [0, 0.1) is 12.8 Å². The van der Waals surface area contributed by atoms with Crippen LogP contribution in [0.3, 0.4) is 0 Å². The lowest BCUT2D eigenvalue weighted by Crippen LogP contribution is -2.30. The highest BCUT2D eigenvalue weighted by Crippen LogP contribution is 2.15. The Bertz CT molecular complexity index is 383. The molecule has 1 aromatic rings. The third-order valence-corrected chi connectivity index (χ3v) is 4.20. The predicted octanol–water partition coefficient (Wildman–Crippen LogP) is 1.31. The van der Waals surface area contributed by atoms with Crippen LogP contribution in [-0.2, 0) is 10.8 Å². The SMILES string of the molecule is Cc1ccnc(S(=O)CC2CCNCC2)n1.Cl. The van der Waals surface area contributed by atoms with E-state index in [1.807, 2.05) is 13.0 Å². The molecule has 1 fully saturated rings. The van der Waals surface area contributed by atoms with E-state index in [0.717, 1.165) is 31.6 Å². The van der Waals surface area contributed by atoms with Gasteiger partial charge in [-0.15, -0.1) is 12.4 Å². The topological polar surface area (TPSA) is 54.9 Å². The van der Waals surface area contributed by atoms with Crippen molar-refractivity contribution in [3.8, 4) is 0 Å². The molecule has 1 N–H and O–H groups in total. The molecule has 2 rings (SSSR count). The van der Waals surface area contributed by atoms with Gasteiger partial charge in [-0.2, -0.15) is 0 Å². The van der Waals surface area contributed by atoms with E-state index in [0.29, 0.717) is 16.8 Å². The first-order valence-corrected chi connectivity index (χ1v) is 6.96. The maximum absolute atomic E-state index is 12.0. The zero-order chi connectivity index (χ0) is 11.4. The second-order valence-electron chi connectivity index (χ2n) is 4.19. The van der Waals surface area contributed by atoms with Gasteiger partial charge in [-0.25, -0.2) is 9.97 Å². The van der Waals surface area contributed by atoms with Crippen LogP contribution in [0.2, 0.25) is 0 Å². The number of aromatic nitrogens is 2. The van der Waals surface area contributed by atoms with Crippen molar-refractivity contribution in [1.82, 2.24) is 15.3 Å². The number of hydrogen-bond donors (Lipinski definition) is 1. The molecule has 96 valence electrons. The number of nitrogens with one attached hydrogen (secondary N) is 1. The molecule has 1 atom stereocenters. The lowest BCUT2D eigenvalue weighted by molar-refractivity contribution is 0.405. The first-order valence-electron chi connectivity index (χ1n) is 5.64. The van der Waals surface area contributed by atoms with E-state index in [1.165, 1.54) is 0 Å². The van der Waals surface area contributed by atoms with Gasteiger partial charge in [0.05, 0.1) is 10.8 Å². The number of aryl methyl sites for hydroxylation is 1. The highest BCUT2D eigenvalue weighted by Gasteiger charge is 2.18. The first-order chi connectivity index (χ1) is 7.75. The minimum Gasteiger partial charge on any atom is -0.317 e. The molecule has 1 saturated heterocycles. The van der Waals surface area contributed by atoms with Gasteiger partial charge in [0.25, 0.3) is 0 Å². The molecule has 1 unspecified atom stereocenters. The van der Waals surface area contributed by atoms with Crippen LogP contribution < -0.4 is 5.32 Å². The molecule has 4 nitrogen and oxygen atoms in total. The van der Waals surface area contributed by atoms with Crippen molar-refractivity contribution in [2.24, 2.45) is 5.92 Å². The third-order valence-electron chi connectivity index (χ3n) is 2.82.